The van der Waals surface area contributed by atoms with Crippen molar-refractivity contribution in [3.8, 4) is 12.0 Å². The van der Waals surface area contributed by atoms with Crippen LogP contribution in [0.25, 0.3) is 0 Å². The lowest BCUT2D eigenvalue weighted by Crippen LogP contribution is -3.00. The molecule has 1 rings (SSSR count). The van der Waals surface area contributed by atoms with Crippen molar-refractivity contribution in [3.63, 3.8) is 0 Å². The second-order valence-corrected chi connectivity index (χ2v) is 3.28. The molecule has 5 nitrogen and oxygen atoms in total. The number of hydrogen-bond donors (Lipinski definition) is 1. The second kappa shape index (κ2) is 8.48. The van der Waals surface area contributed by atoms with Gasteiger partial charge in [-0.3, -0.25) is 0 Å². The van der Waals surface area contributed by atoms with E-state index in [1.54, 1.807) is 4.57 Å². The van der Waals surface area contributed by atoms with Gasteiger partial charge in [0.25, 0.3) is 0 Å². The number of aryl methyl sites for hydroxylation is 1. The molecule has 0 saturated carbocycles. The molecule has 0 aliphatic carbocycles. The number of rotatable bonds is 4. The maximum absolute atomic E-state index is 8.50. The Kier molecular flexibility index (Phi) is 7.65. The Morgan fingerprint density at radius 1 is 1.65 bits per heavy atom. The fourth-order valence-electron chi connectivity index (χ4n) is 1.19. The molecule has 0 spiro atoms. The molecule has 1 heterocycles. The first kappa shape index (κ1) is 15.3. The highest BCUT2D eigenvalue weighted by molar-refractivity contribution is 5.72. The molecule has 1 aromatic heterocycles. The fourth-order valence-corrected chi connectivity index (χ4v) is 1.19. The summed E-state index contributed by atoms with van der Waals surface area (Å²) in [6, 6.07) is 0. The van der Waals surface area contributed by atoms with Gasteiger partial charge in [0, 0.05) is 6.42 Å². The zero-order valence-corrected chi connectivity index (χ0v) is 10.7. The molecule has 17 heavy (non-hydrogen) atoms. The number of hydrogen-bond acceptors (Lipinski definition) is 3. The Morgan fingerprint density at radius 2 is 2.41 bits per heavy atom. The van der Waals surface area contributed by atoms with Crippen LogP contribution in [0.2, 0.25) is 0 Å². The fraction of sp³-hybridized carbons (Fsp3) is 0.455. The molecule has 0 radical (unpaired) electrons. The van der Waals surface area contributed by atoms with Gasteiger partial charge in [-0.05, 0) is 6.42 Å². The average Bonchev–Trinajstić information content (AvgIpc) is 2.62. The van der Waals surface area contributed by atoms with Crippen LogP contribution in [0.4, 0.5) is 0 Å². The third kappa shape index (κ3) is 4.79. The first-order valence-corrected chi connectivity index (χ1v) is 5.11. The summed E-state index contributed by atoms with van der Waals surface area (Å²) >= 11 is 0. The molecule has 1 aromatic rings. The van der Waals surface area contributed by atoms with E-state index < -0.39 is 0 Å². The molecule has 6 heteroatoms. The zero-order chi connectivity index (χ0) is 11.8. The summed E-state index contributed by atoms with van der Waals surface area (Å²) in [7, 11) is 1.86. The van der Waals surface area contributed by atoms with E-state index >= 15 is 0 Å². The molecule has 0 amide bonds. The van der Waals surface area contributed by atoms with Gasteiger partial charge in [-0.1, -0.05) is 18.0 Å². The Labute approximate surface area is 107 Å². The minimum Gasteiger partial charge on any atom is -1.00 e. The minimum absolute atomic E-state index is 0. The highest BCUT2D eigenvalue weighted by atomic mass is 35.5. The summed E-state index contributed by atoms with van der Waals surface area (Å²) in [4.78, 5) is 0. The van der Waals surface area contributed by atoms with Gasteiger partial charge >= 0.3 is 5.82 Å². The summed E-state index contributed by atoms with van der Waals surface area (Å²) in [6.45, 7) is 2.38. The van der Waals surface area contributed by atoms with E-state index in [-0.39, 0.29) is 12.4 Å². The van der Waals surface area contributed by atoms with E-state index in [0.717, 1.165) is 18.7 Å². The first-order valence-electron chi connectivity index (χ1n) is 5.11. The number of imidazole rings is 1. The number of aromatic nitrogens is 2. The normalized spacial score (nSPS) is 9.53. The van der Waals surface area contributed by atoms with Crippen molar-refractivity contribution in [3.05, 3.63) is 18.2 Å². The molecule has 0 unspecified atom stereocenters. The van der Waals surface area contributed by atoms with Crippen LogP contribution in [-0.4, -0.2) is 16.0 Å². The van der Waals surface area contributed by atoms with Crippen LogP contribution in [0.15, 0.2) is 17.5 Å². The molecule has 94 valence electrons. The number of ether oxygens (including phenoxy) is 1. The van der Waals surface area contributed by atoms with E-state index in [9.17, 15) is 0 Å². The quantitative estimate of drug-likeness (QED) is 0.220. The summed E-state index contributed by atoms with van der Waals surface area (Å²) < 4.78 is 8.78. The van der Waals surface area contributed by atoms with Crippen LogP contribution < -0.4 is 17.0 Å². The lowest BCUT2D eigenvalue weighted by atomic mass is 10.4. The Balaban J connectivity index is 0.00000256. The van der Waals surface area contributed by atoms with Crippen molar-refractivity contribution >= 4 is 6.21 Å². The summed E-state index contributed by atoms with van der Waals surface area (Å²) in [5.41, 5.74) is 0. The minimum atomic E-state index is 0. The van der Waals surface area contributed by atoms with Crippen LogP contribution in [0, 0.1) is 12.0 Å². The van der Waals surface area contributed by atoms with Crippen molar-refractivity contribution in [1.29, 1.82) is 0 Å². The van der Waals surface area contributed by atoms with Crippen molar-refractivity contribution in [1.82, 2.24) is 4.57 Å². The molecule has 0 fully saturated rings. The summed E-state index contributed by atoms with van der Waals surface area (Å²) in [5.74, 6) is 3.62. The second-order valence-electron chi connectivity index (χ2n) is 3.28. The Bertz CT molecular complexity index is 418. The molecule has 0 bridgehead atoms. The summed E-state index contributed by atoms with van der Waals surface area (Å²) in [6.07, 6.45) is 9.52. The number of oxime groups is 1. The lowest BCUT2D eigenvalue weighted by molar-refractivity contribution is -0.672. The van der Waals surface area contributed by atoms with Gasteiger partial charge in [-0.25, -0.2) is 4.57 Å². The average molecular weight is 258 g/mol. The lowest BCUT2D eigenvalue weighted by Gasteiger charge is -1.95. The third-order valence-corrected chi connectivity index (χ3v) is 2.02. The van der Waals surface area contributed by atoms with Crippen LogP contribution in [0.3, 0.4) is 0 Å². The third-order valence-electron chi connectivity index (χ3n) is 2.02. The largest absolute Gasteiger partial charge is 1.00 e. The van der Waals surface area contributed by atoms with Crippen molar-refractivity contribution < 1.29 is 26.9 Å². The van der Waals surface area contributed by atoms with Crippen LogP contribution in [-0.2, 0) is 18.5 Å². The molecule has 1 N–H and O–H groups in total. The van der Waals surface area contributed by atoms with E-state index in [1.165, 1.54) is 6.21 Å². The van der Waals surface area contributed by atoms with E-state index in [0.29, 0.717) is 6.73 Å². The van der Waals surface area contributed by atoms with Gasteiger partial charge in [0.1, 0.15) is 18.5 Å². The number of nitrogens with zero attached hydrogens (tertiary/aromatic N) is 3. The van der Waals surface area contributed by atoms with Gasteiger partial charge in [0.05, 0.1) is 7.05 Å². The maximum atomic E-state index is 8.50. The molecule has 0 aliphatic heterocycles. The Hall–Kier alpha value is -1.67. The predicted octanol–water partition coefficient (Wildman–Crippen LogP) is -2.14. The predicted molar refractivity (Wildman–Crippen MR) is 58.8 cm³/mol. The molecule has 0 aromatic carbocycles. The first-order chi connectivity index (χ1) is 7.79. The topological polar surface area (TPSA) is 50.6 Å². The monoisotopic (exact) mass is 257 g/mol. The summed E-state index contributed by atoms with van der Waals surface area (Å²) in [5, 5.41) is 11.5. The van der Waals surface area contributed by atoms with Crippen molar-refractivity contribution in [2.24, 2.45) is 12.2 Å². The van der Waals surface area contributed by atoms with Crippen LogP contribution in [0.1, 0.15) is 25.6 Å². The highest BCUT2D eigenvalue weighted by Gasteiger charge is 2.11. The van der Waals surface area contributed by atoms with Crippen molar-refractivity contribution in [2.45, 2.75) is 26.5 Å². The molecule has 0 aliphatic rings. The molecule has 0 atom stereocenters. The van der Waals surface area contributed by atoms with Crippen LogP contribution in [0.5, 0.6) is 0 Å². The van der Waals surface area contributed by atoms with Gasteiger partial charge in [-0.2, -0.15) is 4.57 Å². The SMILES string of the molecule is CCCC#COCn1cc[n+](C)c1C=NO.[Cl-]. The Morgan fingerprint density at radius 3 is 3.06 bits per heavy atom. The standard InChI is InChI=1S/C11H15N3O2.ClH/c1-3-4-5-8-16-10-14-7-6-13(2)11(14)9-12-15;/h6-7,9H,3-4,10H2,1-2H3;1H. The highest BCUT2D eigenvalue weighted by Crippen LogP contribution is 1.92. The van der Waals surface area contributed by atoms with E-state index in [2.05, 4.69) is 24.1 Å². The number of halogens is 1. The van der Waals surface area contributed by atoms with Gasteiger partial charge in [0.15, 0.2) is 6.21 Å². The smallest absolute Gasteiger partial charge is 0.306 e. The van der Waals surface area contributed by atoms with Crippen molar-refractivity contribution in [2.75, 3.05) is 0 Å². The number of unbranched alkanes of at least 4 members (excludes halogenated alkanes) is 1. The molecular weight excluding hydrogens is 242 g/mol. The molecule has 0 saturated heterocycles. The molecular formula is C11H16ClN3O2. The maximum Gasteiger partial charge on any atom is 0.306 e. The van der Waals surface area contributed by atoms with Crippen LogP contribution >= 0.6 is 0 Å². The van der Waals surface area contributed by atoms with Gasteiger partial charge < -0.3 is 22.4 Å². The van der Waals surface area contributed by atoms with Gasteiger partial charge in [0.2, 0.25) is 6.73 Å². The van der Waals surface area contributed by atoms with Gasteiger partial charge in [-0.15, -0.1) is 0 Å². The van der Waals surface area contributed by atoms with E-state index in [1.807, 2.05) is 24.0 Å². The van der Waals surface area contributed by atoms with E-state index in [4.69, 9.17) is 9.94 Å². The zero-order valence-electron chi connectivity index (χ0n) is 9.93.